The molecule has 1 aromatic carbocycles. The van der Waals surface area contributed by atoms with E-state index in [9.17, 15) is 0 Å². The fourth-order valence-electron chi connectivity index (χ4n) is 2.14. The van der Waals surface area contributed by atoms with Crippen LogP contribution in [0.5, 0.6) is 0 Å². The Balaban J connectivity index is 0.00000128. The summed E-state index contributed by atoms with van der Waals surface area (Å²) in [6, 6.07) is 10.7. The summed E-state index contributed by atoms with van der Waals surface area (Å²) in [6.45, 7) is 3.69. The maximum Gasteiger partial charge on any atom is 0.0522 e. The smallest absolute Gasteiger partial charge is 0.0522 e. The van der Waals surface area contributed by atoms with E-state index in [1.165, 1.54) is 37.9 Å². The molecule has 2 rings (SSSR count). The number of hydrogen-bond donors (Lipinski definition) is 0. The van der Waals surface area contributed by atoms with Gasteiger partial charge < -0.3 is 4.90 Å². The van der Waals surface area contributed by atoms with Crippen molar-refractivity contribution in [3.63, 3.8) is 0 Å². The number of halogens is 2. The highest BCUT2D eigenvalue weighted by atomic mass is 79.9. The summed E-state index contributed by atoms with van der Waals surface area (Å²) in [7, 11) is 0. The minimum Gasteiger partial charge on any atom is -0.302 e. The first-order chi connectivity index (χ1) is 7.36. The van der Waals surface area contributed by atoms with E-state index in [-0.39, 0.29) is 17.0 Å². The number of rotatable bonds is 3. The maximum absolute atomic E-state index is 3.78. The third-order valence-electron chi connectivity index (χ3n) is 3.03. The van der Waals surface area contributed by atoms with Gasteiger partial charge >= 0.3 is 0 Å². The van der Waals surface area contributed by atoms with Crippen molar-refractivity contribution >= 4 is 32.9 Å². The SMILES string of the molecule is Br.BrC(CN1CCCCC1)c1ccccc1. The van der Waals surface area contributed by atoms with Crippen LogP contribution in [0, 0.1) is 0 Å². The van der Waals surface area contributed by atoms with Crippen molar-refractivity contribution in [3.8, 4) is 0 Å². The van der Waals surface area contributed by atoms with Crippen LogP contribution in [0.25, 0.3) is 0 Å². The standard InChI is InChI=1S/C13H18BrN.BrH/c14-13(12-7-3-1-4-8-12)11-15-9-5-2-6-10-15;/h1,3-4,7-8,13H,2,5-6,9-11H2;1H. The summed E-state index contributed by atoms with van der Waals surface area (Å²) in [5.74, 6) is 0. The first-order valence-corrected chi connectivity index (χ1v) is 6.69. The Kier molecular flexibility index (Phi) is 6.62. The Bertz CT molecular complexity index is 283. The molecule has 1 atom stereocenters. The molecule has 1 aliphatic heterocycles. The molecular weight excluding hydrogens is 330 g/mol. The lowest BCUT2D eigenvalue weighted by molar-refractivity contribution is 0.231. The quantitative estimate of drug-likeness (QED) is 0.740. The second kappa shape index (κ2) is 7.46. The van der Waals surface area contributed by atoms with Gasteiger partial charge in [-0.05, 0) is 31.5 Å². The minimum absolute atomic E-state index is 0. The molecule has 0 N–H and O–H groups in total. The normalized spacial score (nSPS) is 18.8. The molecule has 1 heterocycles. The summed E-state index contributed by atoms with van der Waals surface area (Å²) >= 11 is 3.78. The molecule has 0 bridgehead atoms. The van der Waals surface area contributed by atoms with Gasteiger partial charge in [0.15, 0.2) is 0 Å². The van der Waals surface area contributed by atoms with Crippen molar-refractivity contribution in [2.24, 2.45) is 0 Å². The molecule has 90 valence electrons. The molecule has 1 nitrogen and oxygen atoms in total. The van der Waals surface area contributed by atoms with E-state index in [1.54, 1.807) is 0 Å². The van der Waals surface area contributed by atoms with E-state index < -0.39 is 0 Å². The summed E-state index contributed by atoms with van der Waals surface area (Å²) in [5, 5.41) is 0. The summed E-state index contributed by atoms with van der Waals surface area (Å²) in [5.41, 5.74) is 1.39. The number of piperidine rings is 1. The molecule has 1 aliphatic rings. The fraction of sp³-hybridized carbons (Fsp3) is 0.538. The average Bonchev–Trinajstić information content (AvgIpc) is 2.31. The molecule has 1 aromatic rings. The molecule has 0 saturated carbocycles. The Morgan fingerprint density at radius 2 is 1.69 bits per heavy atom. The summed E-state index contributed by atoms with van der Waals surface area (Å²) in [4.78, 5) is 3.05. The van der Waals surface area contributed by atoms with E-state index >= 15 is 0 Å². The van der Waals surface area contributed by atoms with Crippen molar-refractivity contribution in [3.05, 3.63) is 35.9 Å². The lowest BCUT2D eigenvalue weighted by Crippen LogP contribution is -2.32. The Morgan fingerprint density at radius 3 is 2.31 bits per heavy atom. The van der Waals surface area contributed by atoms with E-state index in [4.69, 9.17) is 0 Å². The van der Waals surface area contributed by atoms with Gasteiger partial charge in [-0.3, -0.25) is 0 Å². The van der Waals surface area contributed by atoms with Crippen LogP contribution < -0.4 is 0 Å². The Hall–Kier alpha value is 0.140. The molecule has 0 radical (unpaired) electrons. The third-order valence-corrected chi connectivity index (χ3v) is 3.85. The highest BCUT2D eigenvalue weighted by Gasteiger charge is 2.15. The zero-order valence-electron chi connectivity index (χ0n) is 9.44. The maximum atomic E-state index is 3.78. The van der Waals surface area contributed by atoms with Crippen molar-refractivity contribution in [2.75, 3.05) is 19.6 Å². The van der Waals surface area contributed by atoms with Crippen LogP contribution in [0.3, 0.4) is 0 Å². The van der Waals surface area contributed by atoms with Crippen LogP contribution in [0.15, 0.2) is 30.3 Å². The van der Waals surface area contributed by atoms with E-state index in [1.807, 2.05) is 0 Å². The molecule has 1 unspecified atom stereocenters. The molecule has 0 amide bonds. The van der Waals surface area contributed by atoms with Gasteiger partial charge in [-0.15, -0.1) is 17.0 Å². The summed E-state index contributed by atoms with van der Waals surface area (Å²) in [6.07, 6.45) is 4.15. The molecule has 1 fully saturated rings. The van der Waals surface area contributed by atoms with Crippen molar-refractivity contribution in [2.45, 2.75) is 24.1 Å². The van der Waals surface area contributed by atoms with Gasteiger partial charge in [0.25, 0.3) is 0 Å². The van der Waals surface area contributed by atoms with Gasteiger partial charge in [-0.1, -0.05) is 52.7 Å². The number of likely N-dealkylation sites (tertiary alicyclic amines) is 1. The van der Waals surface area contributed by atoms with Crippen LogP contribution in [0.4, 0.5) is 0 Å². The first-order valence-electron chi connectivity index (χ1n) is 5.77. The van der Waals surface area contributed by atoms with E-state index in [2.05, 4.69) is 51.2 Å². The lowest BCUT2D eigenvalue weighted by Gasteiger charge is -2.28. The predicted octanol–water partition coefficient (Wildman–Crippen LogP) is 4.19. The zero-order valence-corrected chi connectivity index (χ0v) is 12.7. The topological polar surface area (TPSA) is 3.24 Å². The second-order valence-electron chi connectivity index (χ2n) is 4.24. The predicted molar refractivity (Wildman–Crippen MR) is 78.7 cm³/mol. The lowest BCUT2D eigenvalue weighted by atomic mass is 10.1. The molecule has 0 aromatic heterocycles. The molecule has 0 aliphatic carbocycles. The number of nitrogens with zero attached hydrogens (tertiary/aromatic N) is 1. The Labute approximate surface area is 117 Å². The third kappa shape index (κ3) is 4.19. The Morgan fingerprint density at radius 1 is 1.06 bits per heavy atom. The van der Waals surface area contributed by atoms with Gasteiger partial charge in [0, 0.05) is 6.54 Å². The van der Waals surface area contributed by atoms with Gasteiger partial charge in [0.2, 0.25) is 0 Å². The second-order valence-corrected chi connectivity index (χ2v) is 5.34. The molecule has 1 saturated heterocycles. The van der Waals surface area contributed by atoms with Crippen LogP contribution in [0.1, 0.15) is 29.7 Å². The average molecular weight is 349 g/mol. The first kappa shape index (κ1) is 14.2. The molecule has 0 spiro atoms. The highest BCUT2D eigenvalue weighted by molar-refractivity contribution is 9.09. The van der Waals surface area contributed by atoms with E-state index in [0.29, 0.717) is 4.83 Å². The molecule has 3 heteroatoms. The summed E-state index contributed by atoms with van der Waals surface area (Å²) < 4.78 is 0. The van der Waals surface area contributed by atoms with Crippen LogP contribution in [-0.4, -0.2) is 24.5 Å². The van der Waals surface area contributed by atoms with E-state index in [0.717, 1.165) is 6.54 Å². The number of hydrogen-bond acceptors (Lipinski definition) is 1. The molecule has 16 heavy (non-hydrogen) atoms. The van der Waals surface area contributed by atoms with Crippen molar-refractivity contribution in [1.29, 1.82) is 0 Å². The van der Waals surface area contributed by atoms with Crippen molar-refractivity contribution < 1.29 is 0 Å². The zero-order chi connectivity index (χ0) is 10.5. The van der Waals surface area contributed by atoms with Gasteiger partial charge in [-0.25, -0.2) is 0 Å². The fourth-order valence-corrected chi connectivity index (χ4v) is 2.85. The highest BCUT2D eigenvalue weighted by Crippen LogP contribution is 2.24. The van der Waals surface area contributed by atoms with Crippen LogP contribution >= 0.6 is 32.9 Å². The molecular formula is C13H19Br2N. The monoisotopic (exact) mass is 347 g/mol. The minimum atomic E-state index is 0. The van der Waals surface area contributed by atoms with Crippen molar-refractivity contribution in [1.82, 2.24) is 4.90 Å². The van der Waals surface area contributed by atoms with Gasteiger partial charge in [-0.2, -0.15) is 0 Å². The number of alkyl halides is 1. The van der Waals surface area contributed by atoms with Gasteiger partial charge in [0.1, 0.15) is 0 Å². The van der Waals surface area contributed by atoms with Gasteiger partial charge in [0.05, 0.1) is 4.83 Å². The van der Waals surface area contributed by atoms with Crippen LogP contribution in [-0.2, 0) is 0 Å². The van der Waals surface area contributed by atoms with Crippen LogP contribution in [0.2, 0.25) is 0 Å². The number of benzene rings is 1. The largest absolute Gasteiger partial charge is 0.302 e.